The molecule has 104 valence electrons. The number of hydrogen-bond donors (Lipinski definition) is 3. The van der Waals surface area contributed by atoms with Gasteiger partial charge in [0.05, 0.1) is 18.0 Å². The number of primary amides is 1. The van der Waals surface area contributed by atoms with Crippen molar-refractivity contribution in [2.75, 3.05) is 13.1 Å². The normalized spacial score (nSPS) is 11.0. The third-order valence-corrected chi connectivity index (χ3v) is 4.14. The summed E-state index contributed by atoms with van der Waals surface area (Å²) < 4.78 is 26.6. The molecule has 0 saturated carbocycles. The van der Waals surface area contributed by atoms with Crippen molar-refractivity contribution >= 4 is 44.4 Å². The molecule has 0 saturated heterocycles. The molecule has 0 atom stereocenters. The summed E-state index contributed by atoms with van der Waals surface area (Å²) in [4.78, 5) is 21.7. The molecule has 4 N–H and O–H groups in total. The van der Waals surface area contributed by atoms with Crippen LogP contribution in [0.4, 0.5) is 0 Å². The average Bonchev–Trinajstić information content (AvgIpc) is 2.34. The molecule has 0 unspecified atom stereocenters. The van der Waals surface area contributed by atoms with E-state index in [0.29, 0.717) is 0 Å². The molecule has 1 rings (SSSR count). The van der Waals surface area contributed by atoms with Gasteiger partial charge in [-0.1, -0.05) is 0 Å². The third-order valence-electron chi connectivity index (χ3n) is 2.01. The van der Waals surface area contributed by atoms with Crippen molar-refractivity contribution < 1.29 is 18.0 Å². The molecule has 9 heteroatoms. The molecule has 0 fully saturated rings. The van der Waals surface area contributed by atoms with Gasteiger partial charge in [-0.25, -0.2) is 13.1 Å². The van der Waals surface area contributed by atoms with Crippen LogP contribution in [0.3, 0.4) is 0 Å². The highest BCUT2D eigenvalue weighted by molar-refractivity contribution is 14.1. The zero-order chi connectivity index (χ0) is 14.5. The summed E-state index contributed by atoms with van der Waals surface area (Å²) in [6.45, 7) is -0.786. The molecule has 0 aliphatic heterocycles. The smallest absolute Gasteiger partial charge is 0.241 e. The monoisotopic (exact) mass is 397 g/mol. The van der Waals surface area contributed by atoms with E-state index < -0.39 is 28.4 Å². The largest absolute Gasteiger partial charge is 0.368 e. The van der Waals surface area contributed by atoms with Gasteiger partial charge in [0, 0.05) is 3.57 Å². The topological polar surface area (TPSA) is 118 Å². The number of amides is 2. The number of rotatable bonds is 6. The van der Waals surface area contributed by atoms with Gasteiger partial charge in [0.1, 0.15) is 0 Å². The number of carbonyl (C=O) groups excluding carboxylic acids is 2. The summed E-state index contributed by atoms with van der Waals surface area (Å²) >= 11 is 2.05. The van der Waals surface area contributed by atoms with Crippen molar-refractivity contribution in [3.05, 3.63) is 27.8 Å². The van der Waals surface area contributed by atoms with Gasteiger partial charge in [0.2, 0.25) is 21.8 Å². The lowest BCUT2D eigenvalue weighted by Gasteiger charge is -2.07. The van der Waals surface area contributed by atoms with Crippen LogP contribution in [-0.2, 0) is 19.6 Å². The lowest BCUT2D eigenvalue weighted by atomic mass is 10.4. The van der Waals surface area contributed by atoms with Gasteiger partial charge in [-0.2, -0.15) is 0 Å². The highest BCUT2D eigenvalue weighted by atomic mass is 127. The van der Waals surface area contributed by atoms with Crippen molar-refractivity contribution in [2.24, 2.45) is 5.73 Å². The Morgan fingerprint density at radius 1 is 1.16 bits per heavy atom. The first-order valence-corrected chi connectivity index (χ1v) is 7.67. The van der Waals surface area contributed by atoms with Gasteiger partial charge in [-0.3, -0.25) is 9.59 Å². The second kappa shape index (κ2) is 6.82. The zero-order valence-electron chi connectivity index (χ0n) is 9.72. The summed E-state index contributed by atoms with van der Waals surface area (Å²) in [6.07, 6.45) is 0. The molecule has 19 heavy (non-hydrogen) atoms. The molecule has 2 amide bonds. The van der Waals surface area contributed by atoms with Crippen molar-refractivity contribution in [3.8, 4) is 0 Å². The first-order valence-electron chi connectivity index (χ1n) is 5.11. The van der Waals surface area contributed by atoms with Crippen LogP contribution in [0.5, 0.6) is 0 Å². The van der Waals surface area contributed by atoms with Crippen molar-refractivity contribution in [3.63, 3.8) is 0 Å². The molecular weight excluding hydrogens is 385 g/mol. The van der Waals surface area contributed by atoms with Crippen LogP contribution in [0, 0.1) is 3.57 Å². The SMILES string of the molecule is NC(=O)CNC(=O)CNS(=O)(=O)c1ccc(I)cc1. The summed E-state index contributed by atoms with van der Waals surface area (Å²) in [5.41, 5.74) is 4.83. The van der Waals surface area contributed by atoms with Crippen LogP contribution in [0.2, 0.25) is 0 Å². The zero-order valence-corrected chi connectivity index (χ0v) is 12.7. The van der Waals surface area contributed by atoms with Crippen LogP contribution in [0.15, 0.2) is 29.2 Å². The highest BCUT2D eigenvalue weighted by Gasteiger charge is 2.15. The quantitative estimate of drug-likeness (QED) is 0.543. The fourth-order valence-electron chi connectivity index (χ4n) is 1.11. The predicted octanol–water partition coefficient (Wildman–Crippen LogP) is -0.829. The number of carbonyl (C=O) groups is 2. The summed E-state index contributed by atoms with van der Waals surface area (Å²) in [5.74, 6) is -1.33. The summed E-state index contributed by atoms with van der Waals surface area (Å²) in [7, 11) is -3.74. The Labute approximate surface area is 124 Å². The van der Waals surface area contributed by atoms with E-state index in [2.05, 4.69) is 32.6 Å². The minimum absolute atomic E-state index is 0.0654. The van der Waals surface area contributed by atoms with Crippen molar-refractivity contribution in [2.45, 2.75) is 4.90 Å². The molecule has 1 aromatic carbocycles. The van der Waals surface area contributed by atoms with E-state index in [-0.39, 0.29) is 11.4 Å². The number of hydrogen-bond acceptors (Lipinski definition) is 4. The maximum absolute atomic E-state index is 11.8. The first-order chi connectivity index (χ1) is 8.81. The Kier molecular flexibility index (Phi) is 5.69. The molecule has 0 radical (unpaired) electrons. The molecule has 0 aliphatic rings. The fourth-order valence-corrected chi connectivity index (χ4v) is 2.45. The van der Waals surface area contributed by atoms with Crippen molar-refractivity contribution in [1.82, 2.24) is 10.0 Å². The molecular formula is C10H12IN3O4S. The Morgan fingerprint density at radius 2 is 1.74 bits per heavy atom. The Bertz CT molecular complexity index is 571. The lowest BCUT2D eigenvalue weighted by Crippen LogP contribution is -2.40. The van der Waals surface area contributed by atoms with E-state index in [9.17, 15) is 18.0 Å². The second-order valence-electron chi connectivity index (χ2n) is 3.52. The average molecular weight is 397 g/mol. The van der Waals surface area contributed by atoms with Crippen LogP contribution in [0.1, 0.15) is 0 Å². The molecule has 0 bridgehead atoms. The van der Waals surface area contributed by atoms with Gasteiger partial charge in [0.25, 0.3) is 0 Å². The summed E-state index contributed by atoms with van der Waals surface area (Å²) in [5, 5.41) is 2.17. The molecule has 0 heterocycles. The Balaban J connectivity index is 2.58. The molecule has 1 aromatic rings. The Hall–Kier alpha value is -1.20. The van der Waals surface area contributed by atoms with E-state index in [0.717, 1.165) is 3.57 Å². The van der Waals surface area contributed by atoms with E-state index in [1.54, 1.807) is 12.1 Å². The third kappa shape index (κ3) is 5.53. The van der Waals surface area contributed by atoms with E-state index in [1.165, 1.54) is 12.1 Å². The lowest BCUT2D eigenvalue weighted by molar-refractivity contribution is -0.124. The maximum atomic E-state index is 11.8. The number of halogens is 1. The van der Waals surface area contributed by atoms with E-state index in [4.69, 9.17) is 5.73 Å². The molecule has 7 nitrogen and oxygen atoms in total. The minimum atomic E-state index is -3.74. The predicted molar refractivity (Wildman–Crippen MR) is 76.6 cm³/mol. The highest BCUT2D eigenvalue weighted by Crippen LogP contribution is 2.11. The van der Waals surface area contributed by atoms with Gasteiger partial charge >= 0.3 is 0 Å². The number of benzene rings is 1. The standard InChI is InChI=1S/C10H12IN3O4S/c11-7-1-3-8(4-2-7)19(17,18)14-6-10(16)13-5-9(12)15/h1-4,14H,5-6H2,(H2,12,15)(H,13,16). The van der Waals surface area contributed by atoms with Gasteiger partial charge in [0.15, 0.2) is 0 Å². The second-order valence-corrected chi connectivity index (χ2v) is 6.53. The van der Waals surface area contributed by atoms with Gasteiger partial charge in [-0.15, -0.1) is 0 Å². The van der Waals surface area contributed by atoms with E-state index in [1.807, 2.05) is 0 Å². The fraction of sp³-hybridized carbons (Fsp3) is 0.200. The molecule has 0 aromatic heterocycles. The van der Waals surface area contributed by atoms with Gasteiger partial charge < -0.3 is 11.1 Å². The van der Waals surface area contributed by atoms with Crippen LogP contribution in [0.25, 0.3) is 0 Å². The maximum Gasteiger partial charge on any atom is 0.241 e. The number of sulfonamides is 1. The minimum Gasteiger partial charge on any atom is -0.368 e. The van der Waals surface area contributed by atoms with Crippen molar-refractivity contribution in [1.29, 1.82) is 0 Å². The first kappa shape index (κ1) is 15.9. The van der Waals surface area contributed by atoms with Gasteiger partial charge in [-0.05, 0) is 46.9 Å². The summed E-state index contributed by atoms with van der Waals surface area (Å²) in [6, 6.07) is 6.15. The van der Waals surface area contributed by atoms with E-state index >= 15 is 0 Å². The van der Waals surface area contributed by atoms with Crippen LogP contribution in [-0.4, -0.2) is 33.3 Å². The van der Waals surface area contributed by atoms with Crippen LogP contribution < -0.4 is 15.8 Å². The molecule has 0 spiro atoms. The molecule has 0 aliphatic carbocycles. The number of nitrogens with two attached hydrogens (primary N) is 1. The Morgan fingerprint density at radius 3 is 2.26 bits per heavy atom. The van der Waals surface area contributed by atoms with Crippen LogP contribution >= 0.6 is 22.6 Å². The number of nitrogens with one attached hydrogen (secondary N) is 2.